The molecule has 1 aliphatic rings. The van der Waals surface area contributed by atoms with Gasteiger partial charge in [-0.2, -0.15) is 0 Å². The van der Waals surface area contributed by atoms with Crippen molar-refractivity contribution in [1.82, 2.24) is 10.2 Å². The molecule has 148 valence electrons. The molecular formula is C21H24N2O5. The number of esters is 1. The minimum Gasteiger partial charge on any atom is -0.466 e. The number of nitrogens with zero attached hydrogens (tertiary/aromatic N) is 1. The van der Waals surface area contributed by atoms with E-state index < -0.39 is 6.04 Å². The summed E-state index contributed by atoms with van der Waals surface area (Å²) in [7, 11) is 0. The molecule has 0 fully saturated rings. The molecule has 0 spiro atoms. The van der Waals surface area contributed by atoms with E-state index in [-0.39, 0.29) is 30.0 Å². The highest BCUT2D eigenvalue weighted by Gasteiger charge is 2.35. The van der Waals surface area contributed by atoms with Gasteiger partial charge in [0, 0.05) is 25.9 Å². The van der Waals surface area contributed by atoms with Crippen molar-refractivity contribution in [3.8, 4) is 0 Å². The van der Waals surface area contributed by atoms with Crippen LogP contribution in [0.15, 0.2) is 47.1 Å². The smallest absolute Gasteiger partial charge is 0.305 e. The van der Waals surface area contributed by atoms with Gasteiger partial charge in [-0.1, -0.05) is 24.3 Å². The Morgan fingerprint density at radius 2 is 1.96 bits per heavy atom. The molecule has 0 bridgehead atoms. The lowest BCUT2D eigenvalue weighted by Gasteiger charge is -2.35. The molecule has 28 heavy (non-hydrogen) atoms. The number of furan rings is 1. The quantitative estimate of drug-likeness (QED) is 0.585. The maximum absolute atomic E-state index is 12.9. The van der Waals surface area contributed by atoms with Gasteiger partial charge in [-0.3, -0.25) is 14.4 Å². The molecule has 0 radical (unpaired) electrons. The largest absolute Gasteiger partial charge is 0.466 e. The van der Waals surface area contributed by atoms with Gasteiger partial charge in [-0.15, -0.1) is 0 Å². The van der Waals surface area contributed by atoms with Crippen molar-refractivity contribution in [3.05, 3.63) is 59.5 Å². The van der Waals surface area contributed by atoms with E-state index in [1.807, 2.05) is 24.3 Å². The Hall–Kier alpha value is -3.09. The van der Waals surface area contributed by atoms with Gasteiger partial charge in [0.2, 0.25) is 5.91 Å². The highest BCUT2D eigenvalue weighted by Crippen LogP contribution is 2.25. The number of hydrogen-bond donors (Lipinski definition) is 1. The van der Waals surface area contributed by atoms with Crippen LogP contribution >= 0.6 is 0 Å². The summed E-state index contributed by atoms with van der Waals surface area (Å²) in [4.78, 5) is 38.6. The Bertz CT molecular complexity index is 831. The number of carbonyl (C=O) groups excluding carboxylic acids is 3. The van der Waals surface area contributed by atoms with E-state index in [4.69, 9.17) is 9.15 Å². The van der Waals surface area contributed by atoms with Crippen LogP contribution in [-0.2, 0) is 27.3 Å². The standard InChI is InChI=1S/C21H24N2O5/c1-2-27-19(24)10-5-11-22-20(25)17-13-15-7-3-4-8-16(15)14-23(17)21(26)18-9-6-12-28-18/h3-4,6-9,12,17H,2,5,10-11,13-14H2,1H3,(H,22,25). The number of hydrogen-bond acceptors (Lipinski definition) is 5. The number of benzene rings is 1. The first kappa shape index (κ1) is 19.7. The van der Waals surface area contributed by atoms with Crippen molar-refractivity contribution in [1.29, 1.82) is 0 Å². The molecule has 0 saturated carbocycles. The molecule has 1 aromatic carbocycles. The molecular weight excluding hydrogens is 360 g/mol. The Morgan fingerprint density at radius 3 is 2.68 bits per heavy atom. The number of amides is 2. The Kier molecular flexibility index (Phi) is 6.47. The summed E-state index contributed by atoms with van der Waals surface area (Å²) < 4.78 is 10.1. The third-order valence-electron chi connectivity index (χ3n) is 4.71. The van der Waals surface area contributed by atoms with E-state index in [1.165, 1.54) is 6.26 Å². The van der Waals surface area contributed by atoms with Crippen LogP contribution in [-0.4, -0.2) is 41.9 Å². The van der Waals surface area contributed by atoms with Crippen LogP contribution in [0.25, 0.3) is 0 Å². The predicted molar refractivity (Wildman–Crippen MR) is 101 cm³/mol. The van der Waals surface area contributed by atoms with Gasteiger partial charge in [-0.05, 0) is 36.6 Å². The summed E-state index contributed by atoms with van der Waals surface area (Å²) in [6.45, 7) is 2.79. The molecule has 1 aliphatic heterocycles. The minimum atomic E-state index is -0.630. The van der Waals surface area contributed by atoms with E-state index in [2.05, 4.69) is 5.32 Å². The molecule has 0 saturated heterocycles. The van der Waals surface area contributed by atoms with Crippen LogP contribution in [0, 0.1) is 0 Å². The molecule has 1 atom stereocenters. The first-order valence-electron chi connectivity index (χ1n) is 9.44. The van der Waals surface area contributed by atoms with Crippen LogP contribution in [0.3, 0.4) is 0 Å². The van der Waals surface area contributed by atoms with Crippen molar-refractivity contribution in [2.45, 2.75) is 38.8 Å². The maximum Gasteiger partial charge on any atom is 0.305 e. The maximum atomic E-state index is 12.9. The molecule has 0 aliphatic carbocycles. The zero-order valence-electron chi connectivity index (χ0n) is 15.8. The molecule has 1 N–H and O–H groups in total. The SMILES string of the molecule is CCOC(=O)CCCNC(=O)C1Cc2ccccc2CN1C(=O)c1ccco1. The number of rotatable bonds is 7. The second kappa shape index (κ2) is 9.21. The molecule has 3 rings (SSSR count). The Labute approximate surface area is 163 Å². The predicted octanol–water partition coefficient (Wildman–Crippen LogP) is 2.31. The van der Waals surface area contributed by atoms with Crippen LogP contribution in [0.1, 0.15) is 41.4 Å². The summed E-state index contributed by atoms with van der Waals surface area (Å²) in [5, 5.41) is 2.84. The highest BCUT2D eigenvalue weighted by atomic mass is 16.5. The second-order valence-corrected chi connectivity index (χ2v) is 6.60. The minimum absolute atomic E-state index is 0.208. The number of carbonyl (C=O) groups is 3. The van der Waals surface area contributed by atoms with Gasteiger partial charge in [-0.25, -0.2) is 0 Å². The second-order valence-electron chi connectivity index (χ2n) is 6.60. The number of ether oxygens (including phenoxy) is 1. The van der Waals surface area contributed by atoms with Gasteiger partial charge in [0.15, 0.2) is 5.76 Å². The first-order valence-corrected chi connectivity index (χ1v) is 9.44. The lowest BCUT2D eigenvalue weighted by molar-refractivity contribution is -0.143. The normalized spacial score (nSPS) is 15.6. The molecule has 1 aromatic heterocycles. The summed E-state index contributed by atoms with van der Waals surface area (Å²) in [5.74, 6) is -0.623. The average Bonchev–Trinajstić information content (AvgIpc) is 3.24. The van der Waals surface area contributed by atoms with E-state index in [0.717, 1.165) is 11.1 Å². The average molecular weight is 384 g/mol. The van der Waals surface area contributed by atoms with Gasteiger partial charge < -0.3 is 19.4 Å². The van der Waals surface area contributed by atoms with Gasteiger partial charge in [0.1, 0.15) is 6.04 Å². The molecule has 2 amide bonds. The highest BCUT2D eigenvalue weighted by molar-refractivity contribution is 5.96. The molecule has 2 heterocycles. The first-order chi connectivity index (χ1) is 13.6. The van der Waals surface area contributed by atoms with Crippen molar-refractivity contribution in [3.63, 3.8) is 0 Å². The topological polar surface area (TPSA) is 88.9 Å². The van der Waals surface area contributed by atoms with E-state index >= 15 is 0 Å². The molecule has 2 aromatic rings. The molecule has 1 unspecified atom stereocenters. The Morgan fingerprint density at radius 1 is 1.18 bits per heavy atom. The zero-order chi connectivity index (χ0) is 19.9. The third-order valence-corrected chi connectivity index (χ3v) is 4.71. The van der Waals surface area contributed by atoms with Gasteiger partial charge in [0.25, 0.3) is 5.91 Å². The van der Waals surface area contributed by atoms with Crippen LogP contribution < -0.4 is 5.32 Å². The lowest BCUT2D eigenvalue weighted by atomic mass is 9.93. The number of fused-ring (bicyclic) bond motifs is 1. The molecule has 7 heteroatoms. The Balaban J connectivity index is 1.68. The van der Waals surface area contributed by atoms with Crippen molar-refractivity contribution in [2.24, 2.45) is 0 Å². The summed E-state index contributed by atoms with van der Waals surface area (Å²) >= 11 is 0. The van der Waals surface area contributed by atoms with E-state index in [0.29, 0.717) is 32.5 Å². The fourth-order valence-corrected chi connectivity index (χ4v) is 3.31. The van der Waals surface area contributed by atoms with Crippen LogP contribution in [0.5, 0.6) is 0 Å². The monoisotopic (exact) mass is 384 g/mol. The molecule has 7 nitrogen and oxygen atoms in total. The fourth-order valence-electron chi connectivity index (χ4n) is 3.31. The van der Waals surface area contributed by atoms with Gasteiger partial charge in [0.05, 0.1) is 12.9 Å². The van der Waals surface area contributed by atoms with Crippen LogP contribution in [0.2, 0.25) is 0 Å². The van der Waals surface area contributed by atoms with Crippen molar-refractivity contribution >= 4 is 17.8 Å². The summed E-state index contributed by atoms with van der Waals surface area (Å²) in [6.07, 6.45) is 2.61. The van der Waals surface area contributed by atoms with Crippen molar-refractivity contribution < 1.29 is 23.5 Å². The summed E-state index contributed by atoms with van der Waals surface area (Å²) in [6, 6.07) is 10.4. The lowest BCUT2D eigenvalue weighted by Crippen LogP contribution is -2.52. The van der Waals surface area contributed by atoms with Crippen LogP contribution in [0.4, 0.5) is 0 Å². The van der Waals surface area contributed by atoms with E-state index in [1.54, 1.807) is 24.0 Å². The summed E-state index contributed by atoms with van der Waals surface area (Å²) in [5.41, 5.74) is 2.08. The van der Waals surface area contributed by atoms with Gasteiger partial charge >= 0.3 is 5.97 Å². The number of nitrogens with one attached hydrogen (secondary N) is 1. The third kappa shape index (κ3) is 4.60. The fraction of sp³-hybridized carbons (Fsp3) is 0.381. The van der Waals surface area contributed by atoms with Crippen molar-refractivity contribution in [2.75, 3.05) is 13.2 Å². The zero-order valence-corrected chi connectivity index (χ0v) is 15.8. The van der Waals surface area contributed by atoms with E-state index in [9.17, 15) is 14.4 Å².